The summed E-state index contributed by atoms with van der Waals surface area (Å²) >= 11 is 0. The average molecular weight is 279 g/mol. The minimum atomic E-state index is 0.933. The molecule has 0 saturated heterocycles. The van der Waals surface area contributed by atoms with Gasteiger partial charge in [0.15, 0.2) is 0 Å². The van der Waals surface area contributed by atoms with Crippen LogP contribution in [0.1, 0.15) is 23.1 Å². The summed E-state index contributed by atoms with van der Waals surface area (Å²) in [5, 5.41) is 3.35. The van der Waals surface area contributed by atoms with Gasteiger partial charge in [0.1, 0.15) is 11.5 Å². The molecule has 0 bridgehead atoms. The second-order valence-corrected chi connectivity index (χ2v) is 5.55. The van der Waals surface area contributed by atoms with Crippen molar-refractivity contribution in [3.05, 3.63) is 65.2 Å². The molecule has 1 aliphatic heterocycles. The van der Waals surface area contributed by atoms with E-state index in [4.69, 9.17) is 4.74 Å². The molecule has 2 heteroatoms. The molecule has 3 rings (SSSR count). The second-order valence-electron chi connectivity index (χ2n) is 5.55. The zero-order valence-corrected chi connectivity index (χ0v) is 12.6. The summed E-state index contributed by atoms with van der Waals surface area (Å²) in [6.45, 7) is 6.16. The Balaban J connectivity index is 1.93. The maximum Gasteiger partial charge on any atom is 0.134 e. The lowest BCUT2D eigenvalue weighted by Crippen LogP contribution is -2.20. The van der Waals surface area contributed by atoms with E-state index in [-0.39, 0.29) is 0 Å². The summed E-state index contributed by atoms with van der Waals surface area (Å²) in [7, 11) is 0. The lowest BCUT2D eigenvalue weighted by atomic mass is 9.99. The Morgan fingerprint density at radius 3 is 2.62 bits per heavy atom. The van der Waals surface area contributed by atoms with E-state index in [0.717, 1.165) is 31.0 Å². The van der Waals surface area contributed by atoms with Crippen molar-refractivity contribution in [1.82, 2.24) is 5.32 Å². The fourth-order valence-corrected chi connectivity index (χ4v) is 2.72. The lowest BCUT2D eigenvalue weighted by Gasteiger charge is -2.18. The first-order chi connectivity index (χ1) is 10.2. The predicted molar refractivity (Wildman–Crippen MR) is 87.9 cm³/mol. The van der Waals surface area contributed by atoms with Crippen molar-refractivity contribution in [1.29, 1.82) is 0 Å². The van der Waals surface area contributed by atoms with Crippen molar-refractivity contribution < 1.29 is 4.74 Å². The fraction of sp³-hybridized carbons (Fsp3) is 0.263. The number of hydrogen-bond donors (Lipinski definition) is 1. The highest BCUT2D eigenvalue weighted by atomic mass is 16.5. The molecular weight excluding hydrogens is 258 g/mol. The summed E-state index contributed by atoms with van der Waals surface area (Å²) < 4.78 is 6.19. The molecule has 1 aliphatic rings. The zero-order valence-electron chi connectivity index (χ0n) is 12.6. The number of ether oxygens (including phenoxy) is 1. The molecule has 1 N–H and O–H groups in total. The average Bonchev–Trinajstić information content (AvgIpc) is 2.51. The van der Waals surface area contributed by atoms with Gasteiger partial charge in [-0.05, 0) is 50.1 Å². The highest BCUT2D eigenvalue weighted by molar-refractivity contribution is 5.71. The quantitative estimate of drug-likeness (QED) is 0.895. The van der Waals surface area contributed by atoms with Crippen molar-refractivity contribution in [2.75, 3.05) is 13.1 Å². The Hall–Kier alpha value is -2.06. The molecule has 0 atom stereocenters. The molecule has 0 spiro atoms. The van der Waals surface area contributed by atoms with Gasteiger partial charge in [0.05, 0.1) is 0 Å². The molecule has 1 heterocycles. The van der Waals surface area contributed by atoms with Gasteiger partial charge in [-0.2, -0.15) is 0 Å². The fourth-order valence-electron chi connectivity index (χ4n) is 2.72. The van der Waals surface area contributed by atoms with Crippen LogP contribution in [0.25, 0.3) is 5.57 Å². The topological polar surface area (TPSA) is 21.3 Å². The van der Waals surface area contributed by atoms with Crippen molar-refractivity contribution >= 4 is 5.57 Å². The molecule has 0 aliphatic carbocycles. The van der Waals surface area contributed by atoms with Crippen LogP contribution in [-0.4, -0.2) is 13.1 Å². The largest absolute Gasteiger partial charge is 0.456 e. The molecule has 108 valence electrons. The van der Waals surface area contributed by atoms with E-state index in [9.17, 15) is 0 Å². The van der Waals surface area contributed by atoms with Crippen LogP contribution in [0.5, 0.6) is 11.5 Å². The van der Waals surface area contributed by atoms with Crippen LogP contribution in [0, 0.1) is 13.8 Å². The molecule has 0 aromatic heterocycles. The molecule has 2 aromatic carbocycles. The summed E-state index contributed by atoms with van der Waals surface area (Å²) in [5.41, 5.74) is 5.01. The Bertz CT molecular complexity index is 673. The van der Waals surface area contributed by atoms with Crippen molar-refractivity contribution in [3.8, 4) is 11.5 Å². The van der Waals surface area contributed by atoms with E-state index in [1.807, 2.05) is 6.07 Å². The molecule has 0 fully saturated rings. The third kappa shape index (κ3) is 3.17. The van der Waals surface area contributed by atoms with Gasteiger partial charge in [-0.15, -0.1) is 0 Å². The van der Waals surface area contributed by atoms with Gasteiger partial charge in [-0.3, -0.25) is 0 Å². The number of hydrogen-bond acceptors (Lipinski definition) is 2. The van der Waals surface area contributed by atoms with Crippen LogP contribution in [0.3, 0.4) is 0 Å². The standard InChI is InChI=1S/C19H21NO/c1-14-7-8-18(15(2)13-14)21-19-6-4-3-5-17(19)16-9-11-20-12-10-16/h3-9,13,20H,10-12H2,1-2H3. The van der Waals surface area contributed by atoms with Gasteiger partial charge in [-0.1, -0.05) is 42.0 Å². The highest BCUT2D eigenvalue weighted by Crippen LogP contribution is 2.33. The number of para-hydroxylation sites is 1. The Morgan fingerprint density at radius 1 is 1.00 bits per heavy atom. The van der Waals surface area contributed by atoms with Crippen LogP contribution < -0.4 is 10.1 Å². The molecule has 0 unspecified atom stereocenters. The van der Waals surface area contributed by atoms with E-state index in [0.29, 0.717) is 0 Å². The van der Waals surface area contributed by atoms with Crippen molar-refractivity contribution in [2.45, 2.75) is 20.3 Å². The van der Waals surface area contributed by atoms with Gasteiger partial charge in [-0.25, -0.2) is 0 Å². The smallest absolute Gasteiger partial charge is 0.134 e. The lowest BCUT2D eigenvalue weighted by molar-refractivity contribution is 0.477. The second kappa shape index (κ2) is 6.15. The SMILES string of the molecule is Cc1ccc(Oc2ccccc2C2=CCNCC2)c(C)c1. The summed E-state index contributed by atoms with van der Waals surface area (Å²) in [4.78, 5) is 0. The van der Waals surface area contributed by atoms with Crippen LogP contribution in [0.15, 0.2) is 48.5 Å². The summed E-state index contributed by atoms with van der Waals surface area (Å²) in [6.07, 6.45) is 3.31. The van der Waals surface area contributed by atoms with E-state index < -0.39 is 0 Å². The first-order valence-electron chi connectivity index (χ1n) is 7.48. The molecule has 2 nitrogen and oxygen atoms in total. The molecule has 0 amide bonds. The van der Waals surface area contributed by atoms with Crippen LogP contribution in [0.4, 0.5) is 0 Å². The van der Waals surface area contributed by atoms with Gasteiger partial charge < -0.3 is 10.1 Å². The van der Waals surface area contributed by atoms with Crippen LogP contribution in [0.2, 0.25) is 0 Å². The first kappa shape index (κ1) is 13.9. The van der Waals surface area contributed by atoms with Gasteiger partial charge in [0, 0.05) is 12.1 Å². The van der Waals surface area contributed by atoms with E-state index >= 15 is 0 Å². The number of aryl methyl sites for hydroxylation is 2. The van der Waals surface area contributed by atoms with E-state index in [1.165, 1.54) is 22.3 Å². The summed E-state index contributed by atoms with van der Waals surface area (Å²) in [6, 6.07) is 14.6. The Labute approximate surface area is 126 Å². The van der Waals surface area contributed by atoms with Gasteiger partial charge in [0.2, 0.25) is 0 Å². The molecular formula is C19H21NO. The predicted octanol–water partition coefficient (Wildman–Crippen LogP) is 4.47. The van der Waals surface area contributed by atoms with Crippen LogP contribution in [-0.2, 0) is 0 Å². The van der Waals surface area contributed by atoms with Crippen molar-refractivity contribution in [2.24, 2.45) is 0 Å². The van der Waals surface area contributed by atoms with Gasteiger partial charge >= 0.3 is 0 Å². The monoisotopic (exact) mass is 279 g/mol. The third-order valence-corrected chi connectivity index (χ3v) is 3.85. The van der Waals surface area contributed by atoms with E-state index in [2.05, 4.69) is 61.6 Å². The molecule has 0 saturated carbocycles. The first-order valence-corrected chi connectivity index (χ1v) is 7.48. The number of nitrogens with one attached hydrogen (secondary N) is 1. The maximum absolute atomic E-state index is 6.19. The Kier molecular flexibility index (Phi) is 4.07. The number of rotatable bonds is 3. The van der Waals surface area contributed by atoms with Crippen LogP contribution >= 0.6 is 0 Å². The molecule has 21 heavy (non-hydrogen) atoms. The maximum atomic E-state index is 6.19. The summed E-state index contributed by atoms with van der Waals surface area (Å²) in [5.74, 6) is 1.88. The Morgan fingerprint density at radius 2 is 1.86 bits per heavy atom. The van der Waals surface area contributed by atoms with Gasteiger partial charge in [0.25, 0.3) is 0 Å². The minimum absolute atomic E-state index is 0.933. The highest BCUT2D eigenvalue weighted by Gasteiger charge is 2.12. The molecule has 0 radical (unpaired) electrons. The zero-order chi connectivity index (χ0) is 14.7. The number of benzene rings is 2. The normalized spacial score (nSPS) is 14.7. The van der Waals surface area contributed by atoms with E-state index in [1.54, 1.807) is 0 Å². The van der Waals surface area contributed by atoms with Crippen molar-refractivity contribution in [3.63, 3.8) is 0 Å². The third-order valence-electron chi connectivity index (χ3n) is 3.85. The molecule has 2 aromatic rings. The minimum Gasteiger partial charge on any atom is -0.456 e.